The van der Waals surface area contributed by atoms with E-state index >= 15 is 0 Å². The fourth-order valence-corrected chi connectivity index (χ4v) is 1.85. The maximum atomic E-state index is 13.2. The number of benzene rings is 1. The third-order valence-corrected chi connectivity index (χ3v) is 3.11. The van der Waals surface area contributed by atoms with Crippen molar-refractivity contribution in [3.63, 3.8) is 0 Å². The van der Waals surface area contributed by atoms with Crippen molar-refractivity contribution in [1.29, 1.82) is 0 Å². The van der Waals surface area contributed by atoms with Gasteiger partial charge < -0.3 is 16.2 Å². The van der Waals surface area contributed by atoms with E-state index in [1.54, 1.807) is 0 Å². The lowest BCUT2D eigenvalue weighted by atomic mass is 9.84. The number of nitrogens with one attached hydrogen (secondary N) is 1. The molecule has 1 aromatic carbocycles. The average molecular weight is 286 g/mol. The summed E-state index contributed by atoms with van der Waals surface area (Å²) in [5, 5.41) is 11.7. The molecule has 1 atom stereocenters. The number of nitrogen functional groups attached to an aromatic ring is 1. The summed E-state index contributed by atoms with van der Waals surface area (Å²) in [5.41, 5.74) is 5.01. The van der Waals surface area contributed by atoms with Crippen LogP contribution in [0.1, 0.15) is 37.6 Å². The summed E-state index contributed by atoms with van der Waals surface area (Å²) in [6.45, 7) is 5.63. The minimum Gasteiger partial charge on any atom is -0.398 e. The van der Waals surface area contributed by atoms with Crippen molar-refractivity contribution in [3.05, 3.63) is 29.3 Å². The zero-order valence-corrected chi connectivity index (χ0v) is 11.8. The molecule has 1 rings (SSSR count). The van der Waals surface area contributed by atoms with E-state index in [4.69, 9.17) is 10.8 Å². The number of anilines is 1. The lowest BCUT2D eigenvalue weighted by molar-refractivity contribution is 0.0885. The summed E-state index contributed by atoms with van der Waals surface area (Å²) < 4.78 is 26.2. The Bertz CT molecular complexity index is 499. The maximum absolute atomic E-state index is 13.2. The quantitative estimate of drug-likeness (QED) is 0.742. The predicted octanol–water partition coefficient (Wildman–Crippen LogP) is 2.07. The van der Waals surface area contributed by atoms with Gasteiger partial charge in [0.2, 0.25) is 0 Å². The SMILES string of the molecule is CC(C)(C)C(CCO)NC(=O)c1cc(F)c(F)cc1N. The van der Waals surface area contributed by atoms with Gasteiger partial charge in [-0.2, -0.15) is 0 Å². The van der Waals surface area contributed by atoms with Gasteiger partial charge in [0.25, 0.3) is 5.91 Å². The number of hydrogen-bond acceptors (Lipinski definition) is 3. The minimum atomic E-state index is -1.13. The Morgan fingerprint density at radius 2 is 1.90 bits per heavy atom. The van der Waals surface area contributed by atoms with E-state index in [0.717, 1.165) is 12.1 Å². The molecular weight excluding hydrogens is 266 g/mol. The summed E-state index contributed by atoms with van der Waals surface area (Å²) in [6, 6.07) is 1.24. The van der Waals surface area contributed by atoms with E-state index in [0.29, 0.717) is 6.42 Å². The number of amides is 1. The highest BCUT2D eigenvalue weighted by molar-refractivity contribution is 5.99. The second kappa shape index (κ2) is 6.17. The Morgan fingerprint density at radius 1 is 1.35 bits per heavy atom. The van der Waals surface area contributed by atoms with Crippen LogP contribution in [0.4, 0.5) is 14.5 Å². The second-order valence-electron chi connectivity index (χ2n) is 5.76. The molecule has 4 nitrogen and oxygen atoms in total. The molecule has 0 radical (unpaired) electrons. The van der Waals surface area contributed by atoms with Gasteiger partial charge in [-0.25, -0.2) is 8.78 Å². The Balaban J connectivity index is 2.98. The van der Waals surface area contributed by atoms with E-state index < -0.39 is 17.5 Å². The maximum Gasteiger partial charge on any atom is 0.253 e. The van der Waals surface area contributed by atoms with Crippen LogP contribution in [-0.2, 0) is 0 Å². The lowest BCUT2D eigenvalue weighted by Crippen LogP contribution is -2.44. The van der Waals surface area contributed by atoms with E-state index in [-0.39, 0.29) is 29.3 Å². The number of rotatable bonds is 4. The molecule has 0 aliphatic heterocycles. The van der Waals surface area contributed by atoms with Gasteiger partial charge in [0.15, 0.2) is 11.6 Å². The van der Waals surface area contributed by atoms with Crippen LogP contribution in [-0.4, -0.2) is 23.7 Å². The minimum absolute atomic E-state index is 0.0878. The van der Waals surface area contributed by atoms with Crippen molar-refractivity contribution in [2.45, 2.75) is 33.2 Å². The molecule has 0 saturated carbocycles. The molecule has 0 saturated heterocycles. The van der Waals surface area contributed by atoms with E-state index in [9.17, 15) is 13.6 Å². The molecule has 4 N–H and O–H groups in total. The Morgan fingerprint density at radius 3 is 2.40 bits per heavy atom. The number of hydrogen-bond donors (Lipinski definition) is 3. The standard InChI is InChI=1S/C14H20F2N2O2/c1-14(2,3)12(4-5-19)18-13(20)8-6-9(15)10(16)7-11(8)17/h6-7,12,19H,4-5,17H2,1-3H3,(H,18,20). The first-order valence-corrected chi connectivity index (χ1v) is 6.33. The molecule has 112 valence electrons. The zero-order chi connectivity index (χ0) is 15.5. The highest BCUT2D eigenvalue weighted by atomic mass is 19.2. The summed E-state index contributed by atoms with van der Waals surface area (Å²) in [6.07, 6.45) is 0.360. The van der Waals surface area contributed by atoms with Gasteiger partial charge in [-0.05, 0) is 17.9 Å². The van der Waals surface area contributed by atoms with E-state index in [1.165, 1.54) is 0 Å². The first kappa shape index (κ1) is 16.4. The lowest BCUT2D eigenvalue weighted by Gasteiger charge is -2.31. The van der Waals surface area contributed by atoms with Crippen LogP contribution >= 0.6 is 0 Å². The largest absolute Gasteiger partial charge is 0.398 e. The molecular formula is C14H20F2N2O2. The van der Waals surface area contributed by atoms with Gasteiger partial charge in [-0.3, -0.25) is 4.79 Å². The van der Waals surface area contributed by atoms with Gasteiger partial charge in [0.1, 0.15) is 0 Å². The highest BCUT2D eigenvalue weighted by Crippen LogP contribution is 2.23. The van der Waals surface area contributed by atoms with Gasteiger partial charge in [-0.1, -0.05) is 20.8 Å². The fourth-order valence-electron chi connectivity index (χ4n) is 1.85. The molecule has 0 aliphatic carbocycles. The van der Waals surface area contributed by atoms with Gasteiger partial charge in [0.05, 0.1) is 5.56 Å². The molecule has 1 aromatic rings. The number of aliphatic hydroxyl groups excluding tert-OH is 1. The third kappa shape index (κ3) is 3.90. The van der Waals surface area contributed by atoms with Crippen LogP contribution in [0, 0.1) is 17.0 Å². The van der Waals surface area contributed by atoms with Crippen molar-refractivity contribution < 1.29 is 18.7 Å². The third-order valence-electron chi connectivity index (χ3n) is 3.11. The number of nitrogens with two attached hydrogens (primary N) is 1. The molecule has 20 heavy (non-hydrogen) atoms. The van der Waals surface area contributed by atoms with Crippen molar-refractivity contribution in [3.8, 4) is 0 Å². The van der Waals surface area contributed by atoms with E-state index in [2.05, 4.69) is 5.32 Å². The van der Waals surface area contributed by atoms with E-state index in [1.807, 2.05) is 20.8 Å². The topological polar surface area (TPSA) is 75.3 Å². The van der Waals surface area contributed by atoms with Crippen molar-refractivity contribution in [2.75, 3.05) is 12.3 Å². The van der Waals surface area contributed by atoms with Crippen molar-refractivity contribution in [2.24, 2.45) is 5.41 Å². The smallest absolute Gasteiger partial charge is 0.253 e. The van der Waals surface area contributed by atoms with Crippen LogP contribution in [0.3, 0.4) is 0 Å². The molecule has 1 unspecified atom stereocenters. The number of halogens is 2. The van der Waals surface area contributed by atoms with Crippen LogP contribution in [0.5, 0.6) is 0 Å². The van der Waals surface area contributed by atoms with Gasteiger partial charge in [0, 0.05) is 24.4 Å². The molecule has 0 bridgehead atoms. The number of aliphatic hydroxyl groups is 1. The fraction of sp³-hybridized carbons (Fsp3) is 0.500. The van der Waals surface area contributed by atoms with Crippen molar-refractivity contribution >= 4 is 11.6 Å². The van der Waals surface area contributed by atoms with Crippen LogP contribution in [0.15, 0.2) is 12.1 Å². The summed E-state index contributed by atoms with van der Waals surface area (Å²) in [5.74, 6) is -2.81. The van der Waals surface area contributed by atoms with Crippen LogP contribution < -0.4 is 11.1 Å². The summed E-state index contributed by atoms with van der Waals surface area (Å²) in [4.78, 5) is 12.1. The zero-order valence-electron chi connectivity index (χ0n) is 11.8. The van der Waals surface area contributed by atoms with Gasteiger partial charge in [-0.15, -0.1) is 0 Å². The van der Waals surface area contributed by atoms with Crippen LogP contribution in [0.2, 0.25) is 0 Å². The predicted molar refractivity (Wildman–Crippen MR) is 73.2 cm³/mol. The molecule has 0 heterocycles. The first-order chi connectivity index (χ1) is 9.16. The van der Waals surface area contributed by atoms with Crippen molar-refractivity contribution in [1.82, 2.24) is 5.32 Å². The molecule has 0 spiro atoms. The molecule has 1 amide bonds. The molecule has 0 aliphatic rings. The molecule has 0 fully saturated rings. The Kier molecular flexibility index (Phi) is 5.05. The van der Waals surface area contributed by atoms with Gasteiger partial charge >= 0.3 is 0 Å². The molecule has 6 heteroatoms. The average Bonchev–Trinajstić information content (AvgIpc) is 2.32. The highest BCUT2D eigenvalue weighted by Gasteiger charge is 2.27. The molecule has 0 aromatic heterocycles. The second-order valence-corrected chi connectivity index (χ2v) is 5.76. The summed E-state index contributed by atoms with van der Waals surface area (Å²) in [7, 11) is 0. The van der Waals surface area contributed by atoms with Crippen LogP contribution in [0.25, 0.3) is 0 Å². The summed E-state index contributed by atoms with van der Waals surface area (Å²) >= 11 is 0. The Labute approximate surface area is 117 Å². The Hall–Kier alpha value is -1.69. The number of carbonyl (C=O) groups excluding carboxylic acids is 1. The normalized spacial score (nSPS) is 13.1. The monoisotopic (exact) mass is 286 g/mol. The number of carbonyl (C=O) groups is 1. The first-order valence-electron chi connectivity index (χ1n) is 6.33.